The van der Waals surface area contributed by atoms with Gasteiger partial charge in [0.2, 0.25) is 5.91 Å². The Balaban J connectivity index is 0.000000165. The van der Waals surface area contributed by atoms with Crippen molar-refractivity contribution in [2.24, 2.45) is 0 Å². The summed E-state index contributed by atoms with van der Waals surface area (Å²) in [5, 5.41) is 4.39. The highest BCUT2D eigenvalue weighted by Crippen LogP contribution is 2.36. The third kappa shape index (κ3) is 4.60. The molecule has 0 aliphatic carbocycles. The van der Waals surface area contributed by atoms with Crippen LogP contribution in [-0.4, -0.2) is 22.4 Å². The smallest absolute Gasteiger partial charge is 0.228 e. The summed E-state index contributed by atoms with van der Waals surface area (Å²) >= 11 is 30.6. The summed E-state index contributed by atoms with van der Waals surface area (Å²) in [4.78, 5) is 22.3. The molecule has 1 amide bonds. The molecule has 0 spiro atoms. The molecule has 0 saturated carbocycles. The molecule has 9 heteroatoms. The number of rotatable bonds is 1. The maximum Gasteiger partial charge on any atom is 0.228 e. The zero-order valence-electron chi connectivity index (χ0n) is 17.7. The lowest BCUT2D eigenvalue weighted by atomic mass is 10.1. The largest absolute Gasteiger partial charge is 0.297 e. The highest BCUT2D eigenvalue weighted by Gasteiger charge is 2.26. The predicted molar refractivity (Wildman–Crippen MR) is 140 cm³/mol. The topological polar surface area (TPSA) is 46.1 Å². The number of hydrogen-bond donors (Lipinski definition) is 0. The highest BCUT2D eigenvalue weighted by molar-refractivity contribution is 6.42. The van der Waals surface area contributed by atoms with E-state index in [2.05, 4.69) is 9.97 Å². The molecular formula is C24H18Cl5N3O. The Labute approximate surface area is 216 Å². The number of halogens is 5. The quantitative estimate of drug-likeness (QED) is 0.227. The van der Waals surface area contributed by atoms with Gasteiger partial charge in [0.15, 0.2) is 0 Å². The van der Waals surface area contributed by atoms with Gasteiger partial charge in [-0.1, -0.05) is 82.3 Å². The number of para-hydroxylation sites is 2. The molecule has 0 N–H and O–H groups in total. The van der Waals surface area contributed by atoms with Crippen LogP contribution in [0.15, 0.2) is 36.4 Å². The summed E-state index contributed by atoms with van der Waals surface area (Å²) < 4.78 is 0. The van der Waals surface area contributed by atoms with Crippen LogP contribution in [-0.2, 0) is 4.79 Å². The Morgan fingerprint density at radius 1 is 0.788 bits per heavy atom. The molecule has 0 bridgehead atoms. The highest BCUT2D eigenvalue weighted by atomic mass is 35.5. The van der Waals surface area contributed by atoms with E-state index in [0.29, 0.717) is 55.1 Å². The number of aromatic nitrogens is 2. The molecule has 5 rings (SSSR count). The monoisotopic (exact) mass is 539 g/mol. The van der Waals surface area contributed by atoms with Crippen LogP contribution in [0.2, 0.25) is 25.2 Å². The summed E-state index contributed by atoms with van der Waals surface area (Å²) in [6.45, 7) is 4.41. The lowest BCUT2D eigenvalue weighted by Gasteiger charge is -2.19. The van der Waals surface area contributed by atoms with E-state index in [4.69, 9.17) is 58.0 Å². The average molecular weight is 542 g/mol. The Morgan fingerprint density at radius 2 is 1.33 bits per heavy atom. The molecule has 33 heavy (non-hydrogen) atoms. The van der Waals surface area contributed by atoms with Gasteiger partial charge < -0.3 is 0 Å². The van der Waals surface area contributed by atoms with Crippen LogP contribution in [0.3, 0.4) is 0 Å². The first-order valence-electron chi connectivity index (χ1n) is 10.1. The van der Waals surface area contributed by atoms with Crippen LogP contribution < -0.4 is 4.90 Å². The minimum atomic E-state index is 0.0954. The van der Waals surface area contributed by atoms with E-state index in [1.165, 1.54) is 0 Å². The fraction of sp³-hybridized carbons (Fsp3) is 0.208. The van der Waals surface area contributed by atoms with E-state index in [9.17, 15) is 4.79 Å². The van der Waals surface area contributed by atoms with Crippen LogP contribution in [0.5, 0.6) is 0 Å². The number of nitrogens with zero attached hydrogens (tertiary/aromatic N) is 3. The van der Waals surface area contributed by atoms with E-state index in [0.717, 1.165) is 28.3 Å². The number of amides is 1. The molecule has 170 valence electrons. The lowest BCUT2D eigenvalue weighted by Crippen LogP contribution is -2.25. The summed E-state index contributed by atoms with van der Waals surface area (Å²) in [5.41, 5.74) is 2.90. The summed E-state index contributed by atoms with van der Waals surface area (Å²) in [7, 11) is 0. The van der Waals surface area contributed by atoms with E-state index in [1.807, 2.05) is 38.1 Å². The number of carbonyl (C=O) groups is 1. The van der Waals surface area contributed by atoms with Gasteiger partial charge in [0.25, 0.3) is 0 Å². The second kappa shape index (κ2) is 9.81. The Hall–Kier alpha value is -1.82. The van der Waals surface area contributed by atoms with Gasteiger partial charge in [0.1, 0.15) is 11.0 Å². The zero-order chi connectivity index (χ0) is 23.9. The van der Waals surface area contributed by atoms with Crippen molar-refractivity contribution < 1.29 is 4.79 Å². The van der Waals surface area contributed by atoms with E-state index in [1.54, 1.807) is 17.0 Å². The Kier molecular flexibility index (Phi) is 7.23. The fourth-order valence-corrected chi connectivity index (χ4v) is 4.85. The number of hydrogen-bond acceptors (Lipinski definition) is 3. The second-order valence-corrected chi connectivity index (χ2v) is 9.57. The lowest BCUT2D eigenvalue weighted by molar-refractivity contribution is -0.117. The van der Waals surface area contributed by atoms with Crippen LogP contribution in [0, 0.1) is 13.8 Å². The van der Waals surface area contributed by atoms with Crippen molar-refractivity contribution in [2.75, 3.05) is 11.4 Å². The van der Waals surface area contributed by atoms with E-state index < -0.39 is 0 Å². The molecule has 1 fully saturated rings. The van der Waals surface area contributed by atoms with Gasteiger partial charge in [0, 0.05) is 34.9 Å². The second-order valence-electron chi connectivity index (χ2n) is 7.64. The van der Waals surface area contributed by atoms with Gasteiger partial charge in [0.05, 0.1) is 31.1 Å². The van der Waals surface area contributed by atoms with Gasteiger partial charge in [-0.05, 0) is 32.4 Å². The van der Waals surface area contributed by atoms with Gasteiger partial charge >= 0.3 is 0 Å². The minimum Gasteiger partial charge on any atom is -0.297 e. The summed E-state index contributed by atoms with van der Waals surface area (Å²) in [6, 6.07) is 11.0. The molecule has 1 saturated heterocycles. The maximum absolute atomic E-state index is 11.9. The van der Waals surface area contributed by atoms with Crippen molar-refractivity contribution in [3.05, 3.63) is 72.8 Å². The molecule has 0 radical (unpaired) electrons. The zero-order valence-corrected chi connectivity index (χ0v) is 21.5. The number of benzene rings is 2. The first-order chi connectivity index (χ1) is 15.7. The van der Waals surface area contributed by atoms with Gasteiger partial charge in [-0.3, -0.25) is 9.69 Å². The molecular weight excluding hydrogens is 524 g/mol. The number of pyridine rings is 2. The van der Waals surface area contributed by atoms with Crippen LogP contribution in [0.4, 0.5) is 5.82 Å². The SMILES string of the molecule is Cc1c(Cl)nc2c(Cl)cccc2c1Cl.Cc1c(N2CCCC2=O)nc2c(Cl)cccc2c1Cl. The summed E-state index contributed by atoms with van der Waals surface area (Å²) in [6.07, 6.45) is 1.43. The first-order valence-corrected chi connectivity index (χ1v) is 12.0. The third-order valence-corrected chi connectivity index (χ3v) is 7.46. The van der Waals surface area contributed by atoms with Crippen LogP contribution in [0.25, 0.3) is 21.8 Å². The maximum atomic E-state index is 11.9. The van der Waals surface area contributed by atoms with Crippen molar-refractivity contribution >= 4 is 91.5 Å². The molecule has 4 nitrogen and oxygen atoms in total. The summed E-state index contributed by atoms with van der Waals surface area (Å²) in [5.74, 6) is 0.728. The molecule has 0 atom stereocenters. The Morgan fingerprint density at radius 3 is 1.88 bits per heavy atom. The van der Waals surface area contributed by atoms with E-state index in [-0.39, 0.29) is 5.91 Å². The molecule has 4 aromatic rings. The van der Waals surface area contributed by atoms with Crippen molar-refractivity contribution in [1.29, 1.82) is 0 Å². The van der Waals surface area contributed by atoms with Crippen molar-refractivity contribution in [1.82, 2.24) is 9.97 Å². The molecule has 2 aromatic carbocycles. The third-order valence-electron chi connectivity index (χ3n) is 5.51. The molecule has 0 unspecified atom stereocenters. The molecule has 1 aliphatic rings. The van der Waals surface area contributed by atoms with Crippen molar-refractivity contribution in [2.45, 2.75) is 26.7 Å². The average Bonchev–Trinajstić information content (AvgIpc) is 3.22. The van der Waals surface area contributed by atoms with Gasteiger partial charge in [-0.15, -0.1) is 0 Å². The standard InChI is InChI=1S/C14H12Cl2N2O.C10H6Cl3N/c1-8-12(16)9-4-2-5-10(15)13(9)17-14(8)18-7-3-6-11(18)19;1-5-8(12)6-3-2-4-7(11)9(6)14-10(5)13/h2,4-5H,3,6-7H2,1H3;2-4H,1H3. The van der Waals surface area contributed by atoms with Crippen molar-refractivity contribution in [3.63, 3.8) is 0 Å². The van der Waals surface area contributed by atoms with Crippen molar-refractivity contribution in [3.8, 4) is 0 Å². The Bertz CT molecular complexity index is 1410. The molecule has 1 aliphatic heterocycles. The first kappa shape index (κ1) is 24.3. The van der Waals surface area contributed by atoms with Crippen LogP contribution in [0.1, 0.15) is 24.0 Å². The molecule has 2 aromatic heterocycles. The number of anilines is 1. The minimum absolute atomic E-state index is 0.0954. The van der Waals surface area contributed by atoms with E-state index >= 15 is 0 Å². The number of carbonyl (C=O) groups excluding carboxylic acids is 1. The molecule has 3 heterocycles. The predicted octanol–water partition coefficient (Wildman–Crippen LogP) is 8.48. The number of fused-ring (bicyclic) bond motifs is 2. The fourth-order valence-electron chi connectivity index (χ4n) is 3.71. The van der Waals surface area contributed by atoms with Crippen LogP contribution >= 0.6 is 58.0 Å². The van der Waals surface area contributed by atoms with Gasteiger partial charge in [-0.25, -0.2) is 9.97 Å². The normalized spacial score (nSPS) is 13.5. The van der Waals surface area contributed by atoms with Gasteiger partial charge in [-0.2, -0.15) is 0 Å².